The summed E-state index contributed by atoms with van der Waals surface area (Å²) in [7, 11) is 1.58. The van der Waals surface area contributed by atoms with Gasteiger partial charge >= 0.3 is 5.91 Å². The molecule has 3 aromatic carbocycles. The highest BCUT2D eigenvalue weighted by molar-refractivity contribution is 14.1. The van der Waals surface area contributed by atoms with Crippen LogP contribution in [0.2, 0.25) is 0 Å². The zero-order valence-electron chi connectivity index (χ0n) is 17.3. The summed E-state index contributed by atoms with van der Waals surface area (Å²) in [6.45, 7) is 0.432. The van der Waals surface area contributed by atoms with Crippen LogP contribution in [-0.2, 0) is 6.61 Å². The zero-order chi connectivity index (χ0) is 23.4. The van der Waals surface area contributed by atoms with Gasteiger partial charge in [0.1, 0.15) is 12.2 Å². The van der Waals surface area contributed by atoms with Crippen molar-refractivity contribution in [2.75, 3.05) is 7.11 Å². The molecule has 0 saturated heterocycles. The van der Waals surface area contributed by atoms with Crippen LogP contribution in [0, 0.1) is 3.57 Å². The van der Waals surface area contributed by atoms with Crippen LogP contribution in [0.5, 0.6) is 11.5 Å². The smallest absolute Gasteiger partial charge is 0.307 e. The normalized spacial score (nSPS) is 11.2. The topological polar surface area (TPSA) is 73.1 Å². The van der Waals surface area contributed by atoms with Crippen LogP contribution in [0.4, 0.5) is 0 Å². The molecule has 33 heavy (non-hydrogen) atoms. The van der Waals surface area contributed by atoms with Crippen molar-refractivity contribution in [3.8, 4) is 11.5 Å². The zero-order valence-corrected chi connectivity index (χ0v) is 22.6. The van der Waals surface area contributed by atoms with Gasteiger partial charge in [0.15, 0.2) is 17.3 Å². The molecule has 0 aliphatic heterocycles. The van der Waals surface area contributed by atoms with Crippen molar-refractivity contribution in [2.24, 2.45) is 5.10 Å². The van der Waals surface area contributed by atoms with Crippen molar-refractivity contribution >= 4 is 77.5 Å². The summed E-state index contributed by atoms with van der Waals surface area (Å²) >= 11 is 9.12. The number of furan rings is 1. The fourth-order valence-electron chi connectivity index (χ4n) is 3.03. The number of methoxy groups -OCH3 is 1. The summed E-state index contributed by atoms with van der Waals surface area (Å²) in [4.78, 5) is 12.4. The lowest BCUT2D eigenvalue weighted by Gasteiger charge is -2.11. The van der Waals surface area contributed by atoms with Crippen molar-refractivity contribution in [2.45, 2.75) is 6.61 Å². The largest absolute Gasteiger partial charge is 0.493 e. The number of hydrazone groups is 1. The first-order valence-corrected chi connectivity index (χ1v) is 12.4. The van der Waals surface area contributed by atoms with E-state index in [-0.39, 0.29) is 5.76 Å². The SMILES string of the molecule is COc1cc(/C=N\NC(=O)c2cc3cc(Br)cc(Br)c3o2)ccc1OCc1ccc(I)cc1. The first-order chi connectivity index (χ1) is 15.9. The van der Waals surface area contributed by atoms with E-state index < -0.39 is 5.91 Å². The minimum atomic E-state index is -0.449. The highest BCUT2D eigenvalue weighted by atomic mass is 127. The molecule has 0 bridgehead atoms. The van der Waals surface area contributed by atoms with Crippen LogP contribution in [0.25, 0.3) is 11.0 Å². The monoisotopic (exact) mass is 682 g/mol. The third kappa shape index (κ3) is 5.96. The number of halogens is 3. The highest BCUT2D eigenvalue weighted by Crippen LogP contribution is 2.31. The summed E-state index contributed by atoms with van der Waals surface area (Å²) in [6, 6.07) is 18.9. The van der Waals surface area contributed by atoms with Gasteiger partial charge in [-0.15, -0.1) is 0 Å². The molecule has 1 aromatic heterocycles. The van der Waals surface area contributed by atoms with Crippen LogP contribution >= 0.6 is 54.5 Å². The lowest BCUT2D eigenvalue weighted by molar-refractivity contribution is 0.0929. The molecule has 6 nitrogen and oxygen atoms in total. The highest BCUT2D eigenvalue weighted by Gasteiger charge is 2.14. The molecule has 0 radical (unpaired) electrons. The van der Waals surface area contributed by atoms with E-state index in [1.807, 2.05) is 48.5 Å². The first-order valence-electron chi connectivity index (χ1n) is 9.70. The van der Waals surface area contributed by atoms with Crippen molar-refractivity contribution in [1.82, 2.24) is 5.43 Å². The van der Waals surface area contributed by atoms with Gasteiger partial charge in [-0.1, -0.05) is 28.1 Å². The average Bonchev–Trinajstić information content (AvgIpc) is 3.23. The molecule has 1 amide bonds. The minimum Gasteiger partial charge on any atom is -0.493 e. The predicted molar refractivity (Wildman–Crippen MR) is 143 cm³/mol. The maximum absolute atomic E-state index is 12.4. The third-order valence-electron chi connectivity index (χ3n) is 4.63. The summed E-state index contributed by atoms with van der Waals surface area (Å²) < 4.78 is 19.8. The van der Waals surface area contributed by atoms with E-state index in [4.69, 9.17) is 13.9 Å². The fraction of sp³-hybridized carbons (Fsp3) is 0.0833. The van der Waals surface area contributed by atoms with Gasteiger partial charge in [-0.25, -0.2) is 5.43 Å². The summed E-state index contributed by atoms with van der Waals surface area (Å²) in [6.07, 6.45) is 1.53. The molecule has 0 aliphatic carbocycles. The molecule has 0 atom stereocenters. The standard InChI is InChI=1S/C24H17Br2IN2O4/c1-31-21-8-15(4-7-20(21)32-13-14-2-5-18(27)6-3-14)12-28-29-24(30)22-10-16-9-17(25)11-19(26)23(16)33-22/h2-12H,13H2,1H3,(H,29,30)/b28-12-. The number of carbonyl (C=O) groups is 1. The van der Waals surface area contributed by atoms with Gasteiger partial charge in [-0.3, -0.25) is 4.79 Å². The number of amides is 1. The summed E-state index contributed by atoms with van der Waals surface area (Å²) in [5, 5.41) is 4.83. The van der Waals surface area contributed by atoms with E-state index >= 15 is 0 Å². The molecule has 168 valence electrons. The van der Waals surface area contributed by atoms with Crippen LogP contribution in [0.3, 0.4) is 0 Å². The van der Waals surface area contributed by atoms with Gasteiger partial charge in [0.25, 0.3) is 0 Å². The number of benzene rings is 3. The Morgan fingerprint density at radius 3 is 2.64 bits per heavy atom. The molecular weight excluding hydrogens is 667 g/mol. The third-order valence-corrected chi connectivity index (χ3v) is 6.40. The number of hydrogen-bond donors (Lipinski definition) is 1. The summed E-state index contributed by atoms with van der Waals surface area (Å²) in [5.74, 6) is 0.910. The molecule has 0 fully saturated rings. The molecular formula is C24H17Br2IN2O4. The Morgan fingerprint density at radius 1 is 1.09 bits per heavy atom. The number of ether oxygens (including phenoxy) is 2. The Balaban J connectivity index is 1.41. The Morgan fingerprint density at radius 2 is 1.88 bits per heavy atom. The van der Waals surface area contributed by atoms with Gasteiger partial charge in [-0.2, -0.15) is 5.10 Å². The average molecular weight is 684 g/mol. The Hall–Kier alpha value is -2.37. The Labute approximate surface area is 220 Å². The molecule has 0 saturated carbocycles. The van der Waals surface area contributed by atoms with Gasteiger partial charge in [0, 0.05) is 13.4 Å². The Bertz CT molecular complexity index is 1340. The molecule has 0 unspecified atom stereocenters. The quantitative estimate of drug-likeness (QED) is 0.131. The minimum absolute atomic E-state index is 0.165. The number of fused-ring (bicyclic) bond motifs is 1. The second-order valence-electron chi connectivity index (χ2n) is 6.94. The van der Waals surface area contributed by atoms with Crippen LogP contribution in [0.15, 0.2) is 79.1 Å². The number of nitrogens with zero attached hydrogens (tertiary/aromatic N) is 1. The maximum Gasteiger partial charge on any atom is 0.307 e. The van der Waals surface area contributed by atoms with Crippen LogP contribution in [-0.4, -0.2) is 19.2 Å². The Kier molecular flexibility index (Phi) is 7.71. The molecule has 9 heteroatoms. The van der Waals surface area contributed by atoms with Crippen LogP contribution in [0.1, 0.15) is 21.7 Å². The van der Waals surface area contributed by atoms with E-state index in [0.717, 1.165) is 25.5 Å². The molecule has 1 heterocycles. The summed E-state index contributed by atoms with van der Waals surface area (Å²) in [5.41, 5.74) is 4.88. The van der Waals surface area contributed by atoms with E-state index in [9.17, 15) is 4.79 Å². The number of carbonyl (C=O) groups excluding carboxylic acids is 1. The molecule has 4 rings (SSSR count). The van der Waals surface area contributed by atoms with Crippen molar-refractivity contribution in [3.05, 3.63) is 90.1 Å². The number of hydrogen-bond acceptors (Lipinski definition) is 5. The first kappa shape index (κ1) is 23.8. The van der Waals surface area contributed by atoms with Crippen molar-refractivity contribution in [1.29, 1.82) is 0 Å². The fourth-order valence-corrected chi connectivity index (χ4v) is 4.73. The van der Waals surface area contributed by atoms with Crippen LogP contribution < -0.4 is 14.9 Å². The molecule has 1 N–H and O–H groups in total. The predicted octanol–water partition coefficient (Wildman–Crippen LogP) is 6.91. The van der Waals surface area contributed by atoms with Gasteiger partial charge in [-0.05, 0) is 98.2 Å². The molecule has 0 spiro atoms. The lowest BCUT2D eigenvalue weighted by Crippen LogP contribution is -2.16. The van der Waals surface area contributed by atoms with Crippen molar-refractivity contribution < 1.29 is 18.7 Å². The second kappa shape index (κ2) is 10.7. The lowest BCUT2D eigenvalue weighted by atomic mass is 10.2. The maximum atomic E-state index is 12.4. The van der Waals surface area contributed by atoms with Gasteiger partial charge < -0.3 is 13.9 Å². The van der Waals surface area contributed by atoms with E-state index in [2.05, 4.69) is 65.0 Å². The van der Waals surface area contributed by atoms with Crippen molar-refractivity contribution in [3.63, 3.8) is 0 Å². The second-order valence-corrected chi connectivity index (χ2v) is 9.96. The van der Waals surface area contributed by atoms with E-state index in [1.54, 1.807) is 19.2 Å². The molecule has 0 aliphatic rings. The molecule has 4 aromatic rings. The van der Waals surface area contributed by atoms with Gasteiger partial charge in [0.2, 0.25) is 0 Å². The van der Waals surface area contributed by atoms with E-state index in [1.165, 1.54) is 9.78 Å². The van der Waals surface area contributed by atoms with Gasteiger partial charge in [0.05, 0.1) is 17.8 Å². The number of nitrogens with one attached hydrogen (secondary N) is 1. The van der Waals surface area contributed by atoms with E-state index in [0.29, 0.717) is 23.7 Å². The number of rotatable bonds is 7.